The van der Waals surface area contributed by atoms with Gasteiger partial charge in [0.2, 0.25) is 0 Å². The fraction of sp³-hybridized carbons (Fsp3) is 0.538. The van der Waals surface area contributed by atoms with Crippen LogP contribution in [-0.4, -0.2) is 25.6 Å². The molecule has 0 atom stereocenters. The van der Waals surface area contributed by atoms with Crippen LogP contribution in [0.25, 0.3) is 0 Å². The van der Waals surface area contributed by atoms with E-state index in [1.165, 1.54) is 31.0 Å². The van der Waals surface area contributed by atoms with Gasteiger partial charge < -0.3 is 14.8 Å². The Morgan fingerprint density at radius 3 is 2.65 bits per heavy atom. The molecule has 0 amide bonds. The van der Waals surface area contributed by atoms with E-state index >= 15 is 0 Å². The maximum atomic E-state index is 12.1. The van der Waals surface area contributed by atoms with Crippen LogP contribution in [0.3, 0.4) is 0 Å². The third-order valence-electron chi connectivity index (χ3n) is 2.73. The molecule has 3 nitrogen and oxygen atoms in total. The average molecular weight is 354 g/mol. The fourth-order valence-electron chi connectivity index (χ4n) is 1.63. The molecule has 0 aliphatic heterocycles. The molecule has 1 N–H and O–H groups in total. The van der Waals surface area contributed by atoms with E-state index in [-0.39, 0.29) is 10.2 Å². The van der Waals surface area contributed by atoms with Crippen molar-refractivity contribution in [2.75, 3.05) is 13.2 Å². The third-order valence-corrected chi connectivity index (χ3v) is 3.35. The number of rotatable bonds is 7. The first-order chi connectivity index (χ1) is 9.44. The van der Waals surface area contributed by atoms with E-state index < -0.39 is 6.36 Å². The average Bonchev–Trinajstić information content (AvgIpc) is 3.14. The number of hydrogen-bond acceptors (Lipinski definition) is 3. The lowest BCUT2D eigenvalue weighted by Crippen LogP contribution is -2.19. The van der Waals surface area contributed by atoms with Crippen molar-refractivity contribution in [1.29, 1.82) is 0 Å². The van der Waals surface area contributed by atoms with Crippen LogP contribution < -0.4 is 14.8 Å². The Kier molecular flexibility index (Phi) is 5.15. The molecule has 0 heterocycles. The summed E-state index contributed by atoms with van der Waals surface area (Å²) in [6, 6.07) is 4.83. The zero-order valence-corrected chi connectivity index (χ0v) is 12.3. The number of nitrogens with one attached hydrogen (secondary N) is 1. The van der Waals surface area contributed by atoms with Gasteiger partial charge in [0.05, 0.1) is 11.1 Å². The summed E-state index contributed by atoms with van der Waals surface area (Å²) < 4.78 is 45.8. The maximum Gasteiger partial charge on any atom is 0.573 e. The quantitative estimate of drug-likeness (QED) is 0.755. The lowest BCUT2D eigenvalue weighted by Gasteiger charge is -2.12. The zero-order valence-electron chi connectivity index (χ0n) is 10.7. The van der Waals surface area contributed by atoms with Crippen molar-refractivity contribution < 1.29 is 22.6 Å². The Morgan fingerprint density at radius 1 is 1.30 bits per heavy atom. The number of benzene rings is 1. The second kappa shape index (κ2) is 6.67. The predicted octanol–water partition coefficient (Wildman–Crippen LogP) is 3.87. The van der Waals surface area contributed by atoms with Crippen molar-refractivity contribution in [3.05, 3.63) is 22.7 Å². The highest BCUT2D eigenvalue weighted by Gasteiger charge is 2.32. The Balaban J connectivity index is 1.75. The molecule has 20 heavy (non-hydrogen) atoms. The second-order valence-corrected chi connectivity index (χ2v) is 5.42. The van der Waals surface area contributed by atoms with Crippen LogP contribution in [0.4, 0.5) is 13.2 Å². The van der Waals surface area contributed by atoms with E-state index in [0.29, 0.717) is 18.4 Å². The zero-order chi connectivity index (χ0) is 14.6. The van der Waals surface area contributed by atoms with E-state index in [1.54, 1.807) is 0 Å². The Hall–Kier alpha value is -0.950. The third kappa shape index (κ3) is 5.58. The first-order valence-corrected chi connectivity index (χ1v) is 7.15. The molecule has 0 aromatic heterocycles. The molecule has 2 rings (SSSR count). The molecule has 1 aromatic rings. The molecule has 1 aromatic carbocycles. The first kappa shape index (κ1) is 15.4. The first-order valence-electron chi connectivity index (χ1n) is 6.35. The number of halogens is 4. The fourth-order valence-corrected chi connectivity index (χ4v) is 2.07. The summed E-state index contributed by atoms with van der Waals surface area (Å²) >= 11 is 3.03. The number of hydrogen-bond donors (Lipinski definition) is 1. The SMILES string of the molecule is FC(F)(F)Oc1ccc(OCCCNC2CC2)cc1Br. The molecule has 0 saturated heterocycles. The summed E-state index contributed by atoms with van der Waals surface area (Å²) in [6.45, 7) is 1.41. The normalized spacial score (nSPS) is 15.2. The van der Waals surface area contributed by atoms with Gasteiger partial charge in [0.1, 0.15) is 11.5 Å². The molecule has 1 aliphatic rings. The van der Waals surface area contributed by atoms with E-state index in [2.05, 4.69) is 26.0 Å². The smallest absolute Gasteiger partial charge is 0.494 e. The van der Waals surface area contributed by atoms with Gasteiger partial charge in [-0.15, -0.1) is 13.2 Å². The molecule has 0 unspecified atom stereocenters. The van der Waals surface area contributed by atoms with E-state index in [0.717, 1.165) is 13.0 Å². The van der Waals surface area contributed by atoms with Gasteiger partial charge in [-0.1, -0.05) is 0 Å². The Labute approximate surface area is 123 Å². The van der Waals surface area contributed by atoms with Gasteiger partial charge in [-0.25, -0.2) is 0 Å². The van der Waals surface area contributed by atoms with Crippen LogP contribution in [0.2, 0.25) is 0 Å². The summed E-state index contributed by atoms with van der Waals surface area (Å²) in [7, 11) is 0. The van der Waals surface area contributed by atoms with Gasteiger partial charge in [0, 0.05) is 6.04 Å². The number of alkyl halides is 3. The summed E-state index contributed by atoms with van der Waals surface area (Å²) in [4.78, 5) is 0. The molecule has 0 spiro atoms. The topological polar surface area (TPSA) is 30.5 Å². The highest BCUT2D eigenvalue weighted by molar-refractivity contribution is 9.10. The van der Waals surface area contributed by atoms with Gasteiger partial charge in [-0.2, -0.15) is 0 Å². The molecule has 1 fully saturated rings. The maximum absolute atomic E-state index is 12.1. The Morgan fingerprint density at radius 2 is 2.05 bits per heavy atom. The van der Waals surface area contributed by atoms with Crippen molar-refractivity contribution in [1.82, 2.24) is 5.32 Å². The monoisotopic (exact) mass is 353 g/mol. The van der Waals surface area contributed by atoms with Crippen LogP contribution in [0.5, 0.6) is 11.5 Å². The summed E-state index contributed by atoms with van der Waals surface area (Å²) in [5, 5.41) is 3.35. The molecule has 1 saturated carbocycles. The highest BCUT2D eigenvalue weighted by atomic mass is 79.9. The van der Waals surface area contributed by atoms with Crippen LogP contribution in [0.15, 0.2) is 22.7 Å². The minimum Gasteiger partial charge on any atom is -0.494 e. The van der Waals surface area contributed by atoms with Crippen LogP contribution in [0.1, 0.15) is 19.3 Å². The molecule has 7 heteroatoms. The molecule has 0 radical (unpaired) electrons. The van der Waals surface area contributed by atoms with Crippen molar-refractivity contribution >= 4 is 15.9 Å². The van der Waals surface area contributed by atoms with Crippen molar-refractivity contribution in [3.63, 3.8) is 0 Å². The van der Waals surface area contributed by atoms with Crippen LogP contribution >= 0.6 is 15.9 Å². The van der Waals surface area contributed by atoms with Gasteiger partial charge in [-0.05, 0) is 59.9 Å². The molecule has 1 aliphatic carbocycles. The minimum atomic E-state index is -4.70. The summed E-state index contributed by atoms with van der Waals surface area (Å²) in [5.74, 6) is 0.234. The van der Waals surface area contributed by atoms with E-state index in [4.69, 9.17) is 4.74 Å². The minimum absolute atomic E-state index is 0.212. The van der Waals surface area contributed by atoms with Crippen molar-refractivity contribution in [3.8, 4) is 11.5 Å². The molecule has 112 valence electrons. The lowest BCUT2D eigenvalue weighted by molar-refractivity contribution is -0.274. The van der Waals surface area contributed by atoms with Gasteiger partial charge >= 0.3 is 6.36 Å². The second-order valence-electron chi connectivity index (χ2n) is 4.57. The standard InChI is InChI=1S/C13H15BrF3NO2/c14-11-8-10(4-5-12(11)20-13(15,16)17)19-7-1-6-18-9-2-3-9/h4-5,8-9,18H,1-3,6-7H2. The summed E-state index contributed by atoms with van der Waals surface area (Å²) in [6.07, 6.45) is -1.35. The van der Waals surface area contributed by atoms with Crippen LogP contribution in [0, 0.1) is 0 Å². The Bertz CT molecular complexity index is 450. The van der Waals surface area contributed by atoms with Crippen molar-refractivity contribution in [2.45, 2.75) is 31.7 Å². The van der Waals surface area contributed by atoms with E-state index in [9.17, 15) is 13.2 Å². The van der Waals surface area contributed by atoms with Crippen LogP contribution in [-0.2, 0) is 0 Å². The number of ether oxygens (including phenoxy) is 2. The molecule has 0 bridgehead atoms. The summed E-state index contributed by atoms with van der Waals surface area (Å²) in [5.41, 5.74) is 0. The van der Waals surface area contributed by atoms with Gasteiger partial charge in [0.25, 0.3) is 0 Å². The predicted molar refractivity (Wildman–Crippen MR) is 72.0 cm³/mol. The largest absolute Gasteiger partial charge is 0.573 e. The molecular formula is C13H15BrF3NO2. The van der Waals surface area contributed by atoms with Crippen molar-refractivity contribution in [2.24, 2.45) is 0 Å². The molecular weight excluding hydrogens is 339 g/mol. The van der Waals surface area contributed by atoms with Gasteiger partial charge in [-0.3, -0.25) is 0 Å². The van der Waals surface area contributed by atoms with Gasteiger partial charge in [0.15, 0.2) is 0 Å². The van der Waals surface area contributed by atoms with E-state index in [1.807, 2.05) is 0 Å². The highest BCUT2D eigenvalue weighted by Crippen LogP contribution is 2.33. The lowest BCUT2D eigenvalue weighted by atomic mass is 10.3.